The summed E-state index contributed by atoms with van der Waals surface area (Å²) in [4.78, 5) is 17.1. The number of carbonyl (C=O) groups excluding carboxylic acids is 1. The number of rotatable bonds is 3. The monoisotopic (exact) mass is 331 g/mol. The Balaban J connectivity index is 1.65. The first-order chi connectivity index (χ1) is 12.1. The standard InChI is InChI=1S/C20H17N3O2/c1-13-21-17-8-2-3-10-18(17)23(13)12-20(25)22-16-9-4-7-15-14(16)6-5-11-19(15)24/h2-11,24H,12H2,1H3,(H,22,25). The zero-order chi connectivity index (χ0) is 17.4. The Morgan fingerprint density at radius 2 is 1.80 bits per heavy atom. The van der Waals surface area contributed by atoms with E-state index in [1.807, 2.05) is 60.0 Å². The van der Waals surface area contributed by atoms with Crippen molar-refractivity contribution in [2.75, 3.05) is 5.32 Å². The molecule has 0 saturated carbocycles. The molecular formula is C20H17N3O2. The average Bonchev–Trinajstić information content (AvgIpc) is 2.92. The van der Waals surface area contributed by atoms with E-state index in [4.69, 9.17) is 0 Å². The normalized spacial score (nSPS) is 11.1. The van der Waals surface area contributed by atoms with Gasteiger partial charge in [-0.25, -0.2) is 4.98 Å². The molecule has 4 aromatic rings. The molecule has 0 radical (unpaired) electrons. The summed E-state index contributed by atoms with van der Waals surface area (Å²) in [5.74, 6) is 0.860. The topological polar surface area (TPSA) is 67.2 Å². The number of phenols is 1. The lowest BCUT2D eigenvalue weighted by Gasteiger charge is -2.11. The minimum absolute atomic E-state index is 0.137. The molecule has 1 heterocycles. The third kappa shape index (κ3) is 2.70. The molecule has 124 valence electrons. The highest BCUT2D eigenvalue weighted by molar-refractivity contribution is 6.04. The van der Waals surface area contributed by atoms with Crippen LogP contribution in [0.1, 0.15) is 5.82 Å². The van der Waals surface area contributed by atoms with Crippen LogP contribution >= 0.6 is 0 Å². The molecule has 0 aliphatic carbocycles. The van der Waals surface area contributed by atoms with Crippen LogP contribution < -0.4 is 5.32 Å². The molecule has 1 aromatic heterocycles. The molecule has 0 saturated heterocycles. The van der Waals surface area contributed by atoms with Gasteiger partial charge in [0.1, 0.15) is 18.1 Å². The van der Waals surface area contributed by atoms with Gasteiger partial charge in [0.05, 0.1) is 11.0 Å². The van der Waals surface area contributed by atoms with Gasteiger partial charge < -0.3 is 15.0 Å². The van der Waals surface area contributed by atoms with Crippen LogP contribution in [-0.2, 0) is 11.3 Å². The SMILES string of the molecule is Cc1nc2ccccc2n1CC(=O)Nc1cccc2c(O)cccc12. The van der Waals surface area contributed by atoms with Crippen LogP contribution in [-0.4, -0.2) is 20.6 Å². The van der Waals surface area contributed by atoms with Crippen molar-refractivity contribution in [2.24, 2.45) is 0 Å². The van der Waals surface area contributed by atoms with Crippen molar-refractivity contribution in [3.05, 3.63) is 66.5 Å². The van der Waals surface area contributed by atoms with Crippen LogP contribution in [0.2, 0.25) is 0 Å². The minimum atomic E-state index is -0.137. The molecule has 0 aliphatic rings. The number of nitrogens with zero attached hydrogens (tertiary/aromatic N) is 2. The highest BCUT2D eigenvalue weighted by atomic mass is 16.3. The van der Waals surface area contributed by atoms with Crippen molar-refractivity contribution < 1.29 is 9.90 Å². The van der Waals surface area contributed by atoms with Gasteiger partial charge >= 0.3 is 0 Å². The molecule has 2 N–H and O–H groups in total. The van der Waals surface area contributed by atoms with Gasteiger partial charge in [-0.2, -0.15) is 0 Å². The molecule has 5 heteroatoms. The van der Waals surface area contributed by atoms with Crippen LogP contribution in [0, 0.1) is 6.92 Å². The quantitative estimate of drug-likeness (QED) is 0.599. The van der Waals surface area contributed by atoms with Gasteiger partial charge in [-0.15, -0.1) is 0 Å². The maximum absolute atomic E-state index is 12.6. The van der Waals surface area contributed by atoms with Crippen molar-refractivity contribution in [3.63, 3.8) is 0 Å². The third-order valence-corrected chi connectivity index (χ3v) is 4.32. The Labute approximate surface area is 144 Å². The largest absolute Gasteiger partial charge is 0.507 e. The molecule has 3 aromatic carbocycles. The number of hydrogen-bond acceptors (Lipinski definition) is 3. The summed E-state index contributed by atoms with van der Waals surface area (Å²) in [6, 6.07) is 18.5. The fourth-order valence-corrected chi connectivity index (χ4v) is 3.13. The number of imidazole rings is 1. The van der Waals surface area contributed by atoms with Gasteiger partial charge in [0.2, 0.25) is 5.91 Å². The van der Waals surface area contributed by atoms with Crippen molar-refractivity contribution in [2.45, 2.75) is 13.5 Å². The molecule has 25 heavy (non-hydrogen) atoms. The molecule has 0 spiro atoms. The first kappa shape index (κ1) is 15.2. The fraction of sp³-hybridized carbons (Fsp3) is 0.100. The van der Waals surface area contributed by atoms with E-state index in [0.717, 1.165) is 22.2 Å². The molecule has 5 nitrogen and oxygen atoms in total. The minimum Gasteiger partial charge on any atom is -0.507 e. The Kier molecular flexibility index (Phi) is 3.61. The Morgan fingerprint density at radius 3 is 2.68 bits per heavy atom. The zero-order valence-corrected chi connectivity index (χ0v) is 13.7. The first-order valence-corrected chi connectivity index (χ1v) is 8.06. The third-order valence-electron chi connectivity index (χ3n) is 4.32. The van der Waals surface area contributed by atoms with Crippen molar-refractivity contribution in [1.82, 2.24) is 9.55 Å². The summed E-state index contributed by atoms with van der Waals surface area (Å²) < 4.78 is 1.90. The number of benzene rings is 3. The van der Waals surface area contributed by atoms with Crippen LogP contribution in [0.3, 0.4) is 0 Å². The summed E-state index contributed by atoms with van der Waals surface area (Å²) in [6.07, 6.45) is 0. The Morgan fingerprint density at radius 1 is 1.04 bits per heavy atom. The predicted octanol–water partition coefficient (Wildman–Crippen LogP) is 3.84. The van der Waals surface area contributed by atoms with Gasteiger partial charge in [-0.1, -0.05) is 36.4 Å². The predicted molar refractivity (Wildman–Crippen MR) is 98.7 cm³/mol. The average molecular weight is 331 g/mol. The molecular weight excluding hydrogens is 314 g/mol. The number of phenolic OH excluding ortho intramolecular Hbond substituents is 1. The van der Waals surface area contributed by atoms with Gasteiger partial charge in [0.15, 0.2) is 0 Å². The van der Waals surface area contributed by atoms with Gasteiger partial charge in [0.25, 0.3) is 0 Å². The van der Waals surface area contributed by atoms with E-state index >= 15 is 0 Å². The summed E-state index contributed by atoms with van der Waals surface area (Å²) >= 11 is 0. The number of fused-ring (bicyclic) bond motifs is 2. The lowest BCUT2D eigenvalue weighted by molar-refractivity contribution is -0.116. The summed E-state index contributed by atoms with van der Waals surface area (Å²) in [6.45, 7) is 2.07. The molecule has 0 bridgehead atoms. The van der Waals surface area contributed by atoms with E-state index in [-0.39, 0.29) is 18.2 Å². The number of hydrogen-bond donors (Lipinski definition) is 2. The number of aryl methyl sites for hydroxylation is 1. The molecule has 0 aliphatic heterocycles. The number of carbonyl (C=O) groups is 1. The molecule has 4 rings (SSSR count). The summed E-state index contributed by atoms with van der Waals surface area (Å²) in [7, 11) is 0. The fourth-order valence-electron chi connectivity index (χ4n) is 3.13. The highest BCUT2D eigenvalue weighted by Gasteiger charge is 2.12. The number of aromatic hydroxyl groups is 1. The van der Waals surface area contributed by atoms with Crippen molar-refractivity contribution in [1.29, 1.82) is 0 Å². The van der Waals surface area contributed by atoms with Gasteiger partial charge in [0, 0.05) is 16.5 Å². The van der Waals surface area contributed by atoms with Crippen LogP contribution in [0.25, 0.3) is 21.8 Å². The van der Waals surface area contributed by atoms with E-state index < -0.39 is 0 Å². The van der Waals surface area contributed by atoms with Crippen molar-refractivity contribution in [3.8, 4) is 5.75 Å². The van der Waals surface area contributed by atoms with E-state index in [9.17, 15) is 9.90 Å². The number of amides is 1. The van der Waals surface area contributed by atoms with Crippen LogP contribution in [0.5, 0.6) is 5.75 Å². The second-order valence-corrected chi connectivity index (χ2v) is 5.96. The maximum atomic E-state index is 12.6. The van der Waals surface area contributed by atoms with Gasteiger partial charge in [-0.3, -0.25) is 4.79 Å². The smallest absolute Gasteiger partial charge is 0.244 e. The van der Waals surface area contributed by atoms with Crippen LogP contribution in [0.4, 0.5) is 5.69 Å². The second-order valence-electron chi connectivity index (χ2n) is 5.96. The number of para-hydroxylation sites is 2. The Bertz CT molecular complexity index is 1100. The van der Waals surface area contributed by atoms with Gasteiger partial charge in [-0.05, 0) is 31.2 Å². The molecule has 0 atom stereocenters. The number of aromatic nitrogens is 2. The molecule has 0 unspecified atom stereocenters. The van der Waals surface area contributed by atoms with E-state index in [1.165, 1.54) is 0 Å². The first-order valence-electron chi connectivity index (χ1n) is 8.06. The summed E-state index contributed by atoms with van der Waals surface area (Å²) in [5.41, 5.74) is 2.49. The summed E-state index contributed by atoms with van der Waals surface area (Å²) in [5, 5.41) is 14.4. The number of nitrogens with one attached hydrogen (secondary N) is 1. The van der Waals surface area contributed by atoms with Crippen molar-refractivity contribution >= 4 is 33.4 Å². The van der Waals surface area contributed by atoms with E-state index in [1.54, 1.807) is 12.1 Å². The molecule has 0 fully saturated rings. The lowest BCUT2D eigenvalue weighted by atomic mass is 10.1. The maximum Gasteiger partial charge on any atom is 0.244 e. The van der Waals surface area contributed by atoms with Crippen LogP contribution in [0.15, 0.2) is 60.7 Å². The van der Waals surface area contributed by atoms with E-state index in [2.05, 4.69) is 10.3 Å². The van der Waals surface area contributed by atoms with E-state index in [0.29, 0.717) is 11.1 Å². The second kappa shape index (κ2) is 5.94. The number of anilines is 1. The lowest BCUT2D eigenvalue weighted by Crippen LogP contribution is -2.19. The zero-order valence-electron chi connectivity index (χ0n) is 13.7. The Hall–Kier alpha value is -3.34. The molecule has 1 amide bonds. The highest BCUT2D eigenvalue weighted by Crippen LogP contribution is 2.29.